The van der Waals surface area contributed by atoms with Crippen LogP contribution in [0.4, 0.5) is 0 Å². The lowest BCUT2D eigenvalue weighted by molar-refractivity contribution is 0.0771. The lowest BCUT2D eigenvalue weighted by Gasteiger charge is -2.12. The average Bonchev–Trinajstić information content (AvgIpc) is 2.89. The normalized spacial score (nSPS) is 11.7. The summed E-state index contributed by atoms with van der Waals surface area (Å²) < 4.78 is 9.92. The first-order valence-corrected chi connectivity index (χ1v) is 7.69. The predicted octanol–water partition coefficient (Wildman–Crippen LogP) is 1.33. The second-order valence-corrected chi connectivity index (χ2v) is 5.93. The summed E-state index contributed by atoms with van der Waals surface area (Å²) in [6.45, 7) is 7.57. The Balaban J connectivity index is 2.48. The van der Waals surface area contributed by atoms with Crippen molar-refractivity contribution in [1.29, 1.82) is 0 Å². The summed E-state index contributed by atoms with van der Waals surface area (Å²) in [6.07, 6.45) is 3.59. The van der Waals surface area contributed by atoms with Crippen LogP contribution in [0, 0.1) is 5.92 Å². The Morgan fingerprint density at radius 3 is 2.68 bits per heavy atom. The SMILES string of the molecule is CCCCOCn1cnc2c1c(=O)n(C)c(=O)n2CC(C)C. The molecule has 7 heteroatoms. The molecule has 0 saturated carbocycles. The van der Waals surface area contributed by atoms with Crippen LogP contribution in [-0.4, -0.2) is 25.3 Å². The maximum atomic E-state index is 12.4. The Hall–Kier alpha value is -1.89. The van der Waals surface area contributed by atoms with Crippen LogP contribution < -0.4 is 11.2 Å². The molecular formula is C15H24N4O3. The van der Waals surface area contributed by atoms with Crippen LogP contribution in [-0.2, 0) is 25.1 Å². The number of aromatic nitrogens is 4. The molecule has 0 aliphatic heterocycles. The van der Waals surface area contributed by atoms with Gasteiger partial charge in [-0.2, -0.15) is 0 Å². The van der Waals surface area contributed by atoms with E-state index in [1.807, 2.05) is 13.8 Å². The molecule has 0 bridgehead atoms. The van der Waals surface area contributed by atoms with E-state index in [0.29, 0.717) is 24.3 Å². The first-order chi connectivity index (χ1) is 10.5. The molecule has 2 aromatic rings. The van der Waals surface area contributed by atoms with Crippen LogP contribution in [0.2, 0.25) is 0 Å². The highest BCUT2D eigenvalue weighted by Gasteiger charge is 2.16. The number of hydrogen-bond acceptors (Lipinski definition) is 4. The zero-order valence-electron chi connectivity index (χ0n) is 13.7. The van der Waals surface area contributed by atoms with Crippen LogP contribution in [0.5, 0.6) is 0 Å². The Morgan fingerprint density at radius 2 is 2.05 bits per heavy atom. The van der Waals surface area contributed by atoms with Crippen LogP contribution in [0.25, 0.3) is 11.2 Å². The monoisotopic (exact) mass is 308 g/mol. The van der Waals surface area contributed by atoms with Crippen molar-refractivity contribution < 1.29 is 4.74 Å². The van der Waals surface area contributed by atoms with Gasteiger partial charge in [0.15, 0.2) is 11.2 Å². The molecule has 0 aliphatic carbocycles. The van der Waals surface area contributed by atoms with Gasteiger partial charge >= 0.3 is 5.69 Å². The Morgan fingerprint density at radius 1 is 1.32 bits per heavy atom. The van der Waals surface area contributed by atoms with Gasteiger partial charge in [-0.3, -0.25) is 13.9 Å². The molecule has 0 atom stereocenters. The van der Waals surface area contributed by atoms with Gasteiger partial charge in [-0.05, 0) is 12.3 Å². The molecule has 0 aromatic carbocycles. The van der Waals surface area contributed by atoms with Crippen LogP contribution in [0.3, 0.4) is 0 Å². The first kappa shape index (κ1) is 16.5. The molecule has 0 spiro atoms. The van der Waals surface area contributed by atoms with Gasteiger partial charge < -0.3 is 9.30 Å². The third-order valence-corrected chi connectivity index (χ3v) is 3.52. The summed E-state index contributed by atoms with van der Waals surface area (Å²) in [4.78, 5) is 28.9. The van der Waals surface area contributed by atoms with E-state index in [1.54, 1.807) is 15.5 Å². The molecule has 0 N–H and O–H groups in total. The van der Waals surface area contributed by atoms with Crippen molar-refractivity contribution in [3.05, 3.63) is 27.2 Å². The van der Waals surface area contributed by atoms with Gasteiger partial charge in [-0.25, -0.2) is 9.78 Å². The van der Waals surface area contributed by atoms with Gasteiger partial charge in [-0.15, -0.1) is 0 Å². The first-order valence-electron chi connectivity index (χ1n) is 7.69. The minimum Gasteiger partial charge on any atom is -0.361 e. The van der Waals surface area contributed by atoms with Crippen molar-refractivity contribution in [2.24, 2.45) is 13.0 Å². The van der Waals surface area contributed by atoms with E-state index in [-0.39, 0.29) is 23.9 Å². The molecule has 2 aromatic heterocycles. The highest BCUT2D eigenvalue weighted by Crippen LogP contribution is 2.09. The summed E-state index contributed by atoms with van der Waals surface area (Å²) in [6, 6.07) is 0. The second-order valence-electron chi connectivity index (χ2n) is 5.93. The number of hydrogen-bond donors (Lipinski definition) is 0. The summed E-state index contributed by atoms with van der Waals surface area (Å²) >= 11 is 0. The molecule has 0 amide bonds. The van der Waals surface area contributed by atoms with Crippen LogP contribution in [0.15, 0.2) is 15.9 Å². The van der Waals surface area contributed by atoms with E-state index in [9.17, 15) is 9.59 Å². The molecule has 0 aliphatic rings. The van der Waals surface area contributed by atoms with Gasteiger partial charge in [0.2, 0.25) is 0 Å². The smallest absolute Gasteiger partial charge is 0.332 e. The fraction of sp³-hybridized carbons (Fsp3) is 0.667. The maximum Gasteiger partial charge on any atom is 0.332 e. The summed E-state index contributed by atoms with van der Waals surface area (Å²) in [5.74, 6) is 0.282. The Labute approximate surface area is 129 Å². The lowest BCUT2D eigenvalue weighted by Crippen LogP contribution is -2.39. The molecule has 2 heterocycles. The topological polar surface area (TPSA) is 71.1 Å². The molecule has 7 nitrogen and oxygen atoms in total. The number of rotatable bonds is 7. The van der Waals surface area contributed by atoms with E-state index in [2.05, 4.69) is 11.9 Å². The maximum absolute atomic E-state index is 12.4. The molecule has 0 unspecified atom stereocenters. The third kappa shape index (κ3) is 3.14. The van der Waals surface area contributed by atoms with Crippen LogP contribution in [0.1, 0.15) is 33.6 Å². The van der Waals surface area contributed by atoms with Crippen LogP contribution >= 0.6 is 0 Å². The zero-order chi connectivity index (χ0) is 16.3. The summed E-state index contributed by atoms with van der Waals surface area (Å²) in [5, 5.41) is 0. The number of unbranched alkanes of at least 4 members (excludes halogenated alkanes) is 1. The highest BCUT2D eigenvalue weighted by atomic mass is 16.5. The van der Waals surface area contributed by atoms with E-state index < -0.39 is 0 Å². The minimum absolute atomic E-state index is 0.269. The predicted molar refractivity (Wildman–Crippen MR) is 84.9 cm³/mol. The largest absolute Gasteiger partial charge is 0.361 e. The molecule has 0 saturated heterocycles. The van der Waals surface area contributed by atoms with Crippen molar-refractivity contribution in [2.45, 2.75) is 46.9 Å². The van der Waals surface area contributed by atoms with Gasteiger partial charge in [0.05, 0.1) is 6.33 Å². The van der Waals surface area contributed by atoms with E-state index in [4.69, 9.17) is 4.74 Å². The van der Waals surface area contributed by atoms with Crippen molar-refractivity contribution in [2.75, 3.05) is 6.61 Å². The number of ether oxygens (including phenoxy) is 1. The summed E-state index contributed by atoms with van der Waals surface area (Å²) in [5.41, 5.74) is 0.181. The molecule has 0 fully saturated rings. The van der Waals surface area contributed by atoms with Gasteiger partial charge in [0.25, 0.3) is 5.56 Å². The zero-order valence-corrected chi connectivity index (χ0v) is 13.7. The molecule has 122 valence electrons. The third-order valence-electron chi connectivity index (χ3n) is 3.52. The lowest BCUT2D eigenvalue weighted by atomic mass is 10.2. The Kier molecular flexibility index (Phi) is 5.18. The minimum atomic E-state index is -0.336. The van der Waals surface area contributed by atoms with Crippen molar-refractivity contribution in [3.63, 3.8) is 0 Å². The molecular weight excluding hydrogens is 284 g/mol. The van der Waals surface area contributed by atoms with E-state index >= 15 is 0 Å². The fourth-order valence-corrected chi connectivity index (χ4v) is 2.34. The standard InChI is InChI=1S/C15H24N4O3/c1-5-6-7-22-10-18-9-16-13-12(18)14(20)17(4)15(21)19(13)8-11(2)3/h9,11H,5-8,10H2,1-4H3. The quantitative estimate of drug-likeness (QED) is 0.723. The Bertz CT molecular complexity index is 754. The number of fused-ring (bicyclic) bond motifs is 1. The van der Waals surface area contributed by atoms with Crippen molar-refractivity contribution in [3.8, 4) is 0 Å². The highest BCUT2D eigenvalue weighted by molar-refractivity contribution is 5.69. The molecule has 22 heavy (non-hydrogen) atoms. The van der Waals surface area contributed by atoms with Gasteiger partial charge in [-0.1, -0.05) is 27.2 Å². The fourth-order valence-electron chi connectivity index (χ4n) is 2.34. The molecule has 2 rings (SSSR count). The van der Waals surface area contributed by atoms with E-state index in [1.165, 1.54) is 7.05 Å². The number of imidazole rings is 1. The number of nitrogens with zero attached hydrogens (tertiary/aromatic N) is 4. The summed E-state index contributed by atoms with van der Waals surface area (Å²) in [7, 11) is 1.50. The molecule has 0 radical (unpaired) electrons. The van der Waals surface area contributed by atoms with E-state index in [0.717, 1.165) is 17.4 Å². The average molecular weight is 308 g/mol. The second kappa shape index (κ2) is 6.91. The van der Waals surface area contributed by atoms with Crippen molar-refractivity contribution >= 4 is 11.2 Å². The van der Waals surface area contributed by atoms with Gasteiger partial charge in [0.1, 0.15) is 6.73 Å². The van der Waals surface area contributed by atoms with Gasteiger partial charge in [0, 0.05) is 20.2 Å². The van der Waals surface area contributed by atoms with Crippen molar-refractivity contribution in [1.82, 2.24) is 18.7 Å².